The summed E-state index contributed by atoms with van der Waals surface area (Å²) >= 11 is 0. The lowest BCUT2D eigenvalue weighted by Gasteiger charge is -2.07. The summed E-state index contributed by atoms with van der Waals surface area (Å²) in [6, 6.07) is 16.3. The number of carbonyl (C=O) groups excluding carboxylic acids is 1. The molecule has 0 aromatic heterocycles. The molecule has 24 heavy (non-hydrogen) atoms. The summed E-state index contributed by atoms with van der Waals surface area (Å²) in [6.07, 6.45) is 1.15. The Morgan fingerprint density at radius 1 is 1.00 bits per heavy atom. The number of hydrogen-bond donors (Lipinski definition) is 1. The average molecular weight is 343 g/mol. The van der Waals surface area contributed by atoms with Crippen LogP contribution in [0.15, 0.2) is 59.5 Å². The van der Waals surface area contributed by atoms with E-state index in [9.17, 15) is 13.2 Å². The molecule has 0 saturated heterocycles. The molecule has 0 radical (unpaired) electrons. The largest absolute Gasteiger partial charge is 0.348 e. The van der Waals surface area contributed by atoms with Gasteiger partial charge in [0.25, 0.3) is 5.91 Å². The second-order valence-corrected chi connectivity index (χ2v) is 8.97. The van der Waals surface area contributed by atoms with E-state index in [1.807, 2.05) is 18.2 Å². The van der Waals surface area contributed by atoms with Gasteiger partial charge in [-0.1, -0.05) is 44.2 Å². The third-order valence-corrected chi connectivity index (χ3v) is 5.95. The molecular formula is C19H21NO3S. The Balaban J connectivity index is 1.74. The first-order valence-corrected chi connectivity index (χ1v) is 9.76. The highest BCUT2D eigenvalue weighted by Gasteiger charge is 2.59. The molecule has 126 valence electrons. The molecule has 1 aliphatic rings. The van der Waals surface area contributed by atoms with E-state index in [1.54, 1.807) is 12.1 Å². The van der Waals surface area contributed by atoms with E-state index < -0.39 is 9.84 Å². The summed E-state index contributed by atoms with van der Waals surface area (Å²) in [6.45, 7) is 4.28. The Bertz CT molecular complexity index is 855. The predicted octanol–water partition coefficient (Wildman–Crippen LogP) is 3.01. The van der Waals surface area contributed by atoms with Crippen molar-refractivity contribution in [3.63, 3.8) is 0 Å². The molecule has 2 atom stereocenters. The number of rotatable bonds is 4. The van der Waals surface area contributed by atoms with Gasteiger partial charge in [-0.15, -0.1) is 0 Å². The van der Waals surface area contributed by atoms with Gasteiger partial charge in [-0.3, -0.25) is 4.79 Å². The van der Waals surface area contributed by atoms with E-state index in [0.717, 1.165) is 6.26 Å². The SMILES string of the molecule is CC1(C)[C@H](NC(=O)c2ccc(S(C)(=O)=O)cc2)[C@H]1c1ccccc1. The lowest BCUT2D eigenvalue weighted by molar-refractivity contribution is 0.0946. The van der Waals surface area contributed by atoms with Crippen LogP contribution >= 0.6 is 0 Å². The summed E-state index contributed by atoms with van der Waals surface area (Å²) in [5.41, 5.74) is 1.70. The van der Waals surface area contributed by atoms with Crippen LogP contribution in [-0.2, 0) is 9.84 Å². The lowest BCUT2D eigenvalue weighted by Crippen LogP contribution is -2.28. The molecule has 0 spiro atoms. The Labute approximate surface area is 142 Å². The molecule has 1 N–H and O–H groups in total. The number of hydrogen-bond acceptors (Lipinski definition) is 3. The van der Waals surface area contributed by atoms with Crippen molar-refractivity contribution in [3.05, 3.63) is 65.7 Å². The maximum atomic E-state index is 12.5. The molecule has 1 amide bonds. The van der Waals surface area contributed by atoms with Crippen LogP contribution in [0.4, 0.5) is 0 Å². The smallest absolute Gasteiger partial charge is 0.251 e. The summed E-state index contributed by atoms with van der Waals surface area (Å²) < 4.78 is 23.0. The van der Waals surface area contributed by atoms with E-state index >= 15 is 0 Å². The van der Waals surface area contributed by atoms with Crippen molar-refractivity contribution in [1.82, 2.24) is 5.32 Å². The van der Waals surface area contributed by atoms with E-state index in [1.165, 1.54) is 17.7 Å². The third kappa shape index (κ3) is 3.08. The summed E-state index contributed by atoms with van der Waals surface area (Å²) in [5, 5.41) is 3.08. The molecule has 1 saturated carbocycles. The van der Waals surface area contributed by atoms with Crippen LogP contribution in [0.25, 0.3) is 0 Å². The molecule has 0 heterocycles. The molecule has 2 aromatic carbocycles. The highest BCUT2D eigenvalue weighted by atomic mass is 32.2. The molecule has 1 aliphatic carbocycles. The van der Waals surface area contributed by atoms with Crippen LogP contribution in [0.5, 0.6) is 0 Å². The van der Waals surface area contributed by atoms with Gasteiger partial charge in [0.1, 0.15) is 0 Å². The minimum atomic E-state index is -3.25. The molecule has 5 heteroatoms. The molecule has 0 bridgehead atoms. The van der Waals surface area contributed by atoms with E-state index in [4.69, 9.17) is 0 Å². The second kappa shape index (κ2) is 5.74. The van der Waals surface area contributed by atoms with Crippen LogP contribution < -0.4 is 5.32 Å². The zero-order chi connectivity index (χ0) is 17.5. The highest BCUT2D eigenvalue weighted by Crippen LogP contribution is 2.58. The molecule has 2 aromatic rings. The van der Waals surface area contributed by atoms with Crippen LogP contribution in [0.3, 0.4) is 0 Å². The van der Waals surface area contributed by atoms with Gasteiger partial charge in [0.05, 0.1) is 4.90 Å². The van der Waals surface area contributed by atoms with Crippen molar-refractivity contribution >= 4 is 15.7 Å². The molecule has 0 aliphatic heterocycles. The summed E-state index contributed by atoms with van der Waals surface area (Å²) in [4.78, 5) is 12.7. The zero-order valence-corrected chi connectivity index (χ0v) is 14.8. The Kier molecular flexibility index (Phi) is 4.00. The number of nitrogens with one attached hydrogen (secondary N) is 1. The van der Waals surface area contributed by atoms with E-state index in [2.05, 4.69) is 31.3 Å². The number of amides is 1. The Morgan fingerprint density at radius 2 is 1.58 bits per heavy atom. The highest BCUT2D eigenvalue weighted by molar-refractivity contribution is 7.90. The Hall–Kier alpha value is -2.14. The first-order valence-electron chi connectivity index (χ1n) is 7.87. The van der Waals surface area contributed by atoms with Crippen molar-refractivity contribution in [1.29, 1.82) is 0 Å². The average Bonchev–Trinajstić information content (AvgIpc) is 3.08. The van der Waals surface area contributed by atoms with Gasteiger partial charge in [-0.05, 0) is 35.2 Å². The standard InChI is InChI=1S/C19H21NO3S/c1-19(2)16(13-7-5-4-6-8-13)17(19)20-18(21)14-9-11-15(12-10-14)24(3,22)23/h4-12,16-17H,1-3H3,(H,20,21)/t16-,17-/m1/s1. The maximum absolute atomic E-state index is 12.5. The quantitative estimate of drug-likeness (QED) is 0.928. The lowest BCUT2D eigenvalue weighted by atomic mass is 10.0. The Morgan fingerprint density at radius 3 is 2.12 bits per heavy atom. The van der Waals surface area contributed by atoms with Crippen molar-refractivity contribution < 1.29 is 13.2 Å². The van der Waals surface area contributed by atoms with Gasteiger partial charge >= 0.3 is 0 Å². The van der Waals surface area contributed by atoms with Crippen molar-refractivity contribution in [3.8, 4) is 0 Å². The zero-order valence-electron chi connectivity index (χ0n) is 14.0. The first kappa shape index (κ1) is 16.7. The fraction of sp³-hybridized carbons (Fsp3) is 0.316. The van der Waals surface area contributed by atoms with Gasteiger partial charge in [0, 0.05) is 23.8 Å². The monoisotopic (exact) mass is 343 g/mol. The van der Waals surface area contributed by atoms with Crippen LogP contribution in [-0.4, -0.2) is 26.6 Å². The van der Waals surface area contributed by atoms with Crippen molar-refractivity contribution in [2.75, 3.05) is 6.26 Å². The molecule has 1 fully saturated rings. The normalized spacial score (nSPS) is 22.0. The number of sulfone groups is 1. The second-order valence-electron chi connectivity index (χ2n) is 6.96. The number of benzene rings is 2. The first-order chi connectivity index (χ1) is 11.2. The molecule has 3 rings (SSSR count). The van der Waals surface area contributed by atoms with Crippen LogP contribution in [0.1, 0.15) is 35.7 Å². The van der Waals surface area contributed by atoms with Crippen molar-refractivity contribution in [2.24, 2.45) is 5.41 Å². The maximum Gasteiger partial charge on any atom is 0.251 e. The topological polar surface area (TPSA) is 63.2 Å². The summed E-state index contributed by atoms with van der Waals surface area (Å²) in [5.74, 6) is 0.115. The van der Waals surface area contributed by atoms with Gasteiger partial charge in [-0.2, -0.15) is 0 Å². The third-order valence-electron chi connectivity index (χ3n) is 4.82. The summed E-state index contributed by atoms with van der Waals surface area (Å²) in [7, 11) is -3.25. The fourth-order valence-electron chi connectivity index (χ4n) is 3.27. The van der Waals surface area contributed by atoms with Crippen LogP contribution in [0.2, 0.25) is 0 Å². The van der Waals surface area contributed by atoms with Crippen LogP contribution in [0, 0.1) is 5.41 Å². The minimum absolute atomic E-state index is 0.00368. The molecule has 0 unspecified atom stereocenters. The fourth-order valence-corrected chi connectivity index (χ4v) is 3.90. The molecular weight excluding hydrogens is 322 g/mol. The molecule has 4 nitrogen and oxygen atoms in total. The van der Waals surface area contributed by atoms with Crippen molar-refractivity contribution in [2.45, 2.75) is 30.7 Å². The van der Waals surface area contributed by atoms with Gasteiger partial charge in [0.15, 0.2) is 9.84 Å². The van der Waals surface area contributed by atoms with Gasteiger partial charge in [0.2, 0.25) is 0 Å². The minimum Gasteiger partial charge on any atom is -0.348 e. The van der Waals surface area contributed by atoms with E-state index in [-0.39, 0.29) is 28.2 Å². The number of carbonyl (C=O) groups is 1. The van der Waals surface area contributed by atoms with Gasteiger partial charge < -0.3 is 5.32 Å². The van der Waals surface area contributed by atoms with Gasteiger partial charge in [-0.25, -0.2) is 8.42 Å². The predicted molar refractivity (Wildman–Crippen MR) is 93.8 cm³/mol. The van der Waals surface area contributed by atoms with E-state index in [0.29, 0.717) is 5.56 Å².